The van der Waals surface area contributed by atoms with Gasteiger partial charge in [-0.05, 0) is 45.6 Å². The molecule has 0 fully saturated rings. The molecule has 0 aliphatic carbocycles. The molecule has 0 aliphatic heterocycles. The van der Waals surface area contributed by atoms with Gasteiger partial charge in [-0.25, -0.2) is 4.79 Å². The van der Waals surface area contributed by atoms with Crippen LogP contribution >= 0.6 is 0 Å². The summed E-state index contributed by atoms with van der Waals surface area (Å²) in [6.45, 7) is 4.63. The van der Waals surface area contributed by atoms with Crippen molar-refractivity contribution in [2.24, 2.45) is 0 Å². The van der Waals surface area contributed by atoms with E-state index in [1.54, 1.807) is 0 Å². The fraction of sp³-hybridized carbons (Fsp3) is 0.357. The largest absolute Gasteiger partial charge is 0.422 e. The van der Waals surface area contributed by atoms with Crippen LogP contribution in [0.25, 0.3) is 11.0 Å². The number of fused-ring (bicyclic) bond motifs is 1. The number of hydrogen-bond donors (Lipinski definition) is 0. The first-order valence-electron chi connectivity index (χ1n) is 5.66. The van der Waals surface area contributed by atoms with Crippen molar-refractivity contribution in [1.82, 2.24) is 4.90 Å². The van der Waals surface area contributed by atoms with Crippen LogP contribution in [0.15, 0.2) is 27.4 Å². The Morgan fingerprint density at radius 3 is 2.59 bits per heavy atom. The van der Waals surface area contributed by atoms with Gasteiger partial charge in [-0.3, -0.25) is 0 Å². The highest BCUT2D eigenvalue weighted by molar-refractivity contribution is 5.81. The number of rotatable bonds is 2. The van der Waals surface area contributed by atoms with Gasteiger partial charge in [0.05, 0.1) is 5.56 Å². The molecule has 0 radical (unpaired) electrons. The van der Waals surface area contributed by atoms with E-state index >= 15 is 0 Å². The number of nitrogens with zero attached hydrogens (tertiary/aromatic N) is 1. The van der Waals surface area contributed by atoms with Crippen molar-refractivity contribution < 1.29 is 4.42 Å². The minimum absolute atomic E-state index is 0.229. The van der Waals surface area contributed by atoms with Crippen molar-refractivity contribution in [1.29, 1.82) is 0 Å². The predicted octanol–water partition coefficient (Wildman–Crippen LogP) is 2.47. The van der Waals surface area contributed by atoms with E-state index in [0.717, 1.165) is 16.5 Å². The zero-order valence-electron chi connectivity index (χ0n) is 10.7. The van der Waals surface area contributed by atoms with E-state index in [4.69, 9.17) is 4.42 Å². The summed E-state index contributed by atoms with van der Waals surface area (Å²) in [5, 5.41) is 1.03. The summed E-state index contributed by atoms with van der Waals surface area (Å²) < 4.78 is 5.35. The van der Waals surface area contributed by atoms with Gasteiger partial charge in [-0.15, -0.1) is 0 Å². The summed E-state index contributed by atoms with van der Waals surface area (Å²) in [5.41, 5.74) is 3.38. The Kier molecular flexibility index (Phi) is 3.03. The molecular weight excluding hydrogens is 214 g/mol. The monoisotopic (exact) mass is 231 g/mol. The van der Waals surface area contributed by atoms with Crippen LogP contribution in [0.3, 0.4) is 0 Å². The van der Waals surface area contributed by atoms with Gasteiger partial charge in [-0.1, -0.05) is 11.6 Å². The molecule has 0 N–H and O–H groups in total. The van der Waals surface area contributed by atoms with Gasteiger partial charge in [0, 0.05) is 11.9 Å². The fourth-order valence-electron chi connectivity index (χ4n) is 2.00. The first-order chi connectivity index (χ1) is 7.99. The second kappa shape index (κ2) is 4.34. The zero-order chi connectivity index (χ0) is 12.6. The van der Waals surface area contributed by atoms with E-state index in [0.29, 0.717) is 12.1 Å². The second-order valence-electron chi connectivity index (χ2n) is 4.73. The van der Waals surface area contributed by atoms with Crippen LogP contribution in [0.5, 0.6) is 0 Å². The Labute approximate surface area is 101 Å². The minimum Gasteiger partial charge on any atom is -0.422 e. The molecule has 0 amide bonds. The van der Waals surface area contributed by atoms with E-state index < -0.39 is 0 Å². The van der Waals surface area contributed by atoms with Gasteiger partial charge in [0.1, 0.15) is 5.58 Å². The molecule has 3 heteroatoms. The molecule has 3 nitrogen and oxygen atoms in total. The van der Waals surface area contributed by atoms with E-state index in [2.05, 4.69) is 6.07 Å². The Morgan fingerprint density at radius 2 is 1.94 bits per heavy atom. The van der Waals surface area contributed by atoms with Gasteiger partial charge in [0.15, 0.2) is 0 Å². The molecule has 0 saturated carbocycles. The van der Waals surface area contributed by atoms with Crippen LogP contribution < -0.4 is 5.63 Å². The summed E-state index contributed by atoms with van der Waals surface area (Å²) >= 11 is 0. The fourth-order valence-corrected chi connectivity index (χ4v) is 2.00. The van der Waals surface area contributed by atoms with Crippen molar-refractivity contribution in [3.8, 4) is 0 Å². The van der Waals surface area contributed by atoms with E-state index in [-0.39, 0.29) is 5.63 Å². The third-order valence-electron chi connectivity index (χ3n) is 2.92. The molecule has 1 aromatic carbocycles. The average Bonchev–Trinajstić information content (AvgIpc) is 2.25. The van der Waals surface area contributed by atoms with Crippen molar-refractivity contribution in [3.05, 3.63) is 45.3 Å². The molecule has 0 spiro atoms. The normalized spacial score (nSPS) is 11.4. The summed E-state index contributed by atoms with van der Waals surface area (Å²) in [4.78, 5) is 13.9. The van der Waals surface area contributed by atoms with Gasteiger partial charge < -0.3 is 9.32 Å². The lowest BCUT2D eigenvalue weighted by Gasteiger charge is -2.12. The van der Waals surface area contributed by atoms with Crippen LogP contribution in [-0.2, 0) is 6.54 Å². The Morgan fingerprint density at radius 1 is 1.24 bits per heavy atom. The Bertz CT molecular complexity index is 611. The molecule has 0 atom stereocenters. The molecule has 1 heterocycles. The molecule has 0 unspecified atom stereocenters. The molecule has 0 aliphatic rings. The highest BCUT2D eigenvalue weighted by Gasteiger charge is 2.11. The standard InChI is InChI=1S/C14H17NO2/c1-9-5-6-13-11(7-9)10(2)12(8-15(3)4)14(16)17-13/h5-7H,8H2,1-4H3. The van der Waals surface area contributed by atoms with Gasteiger partial charge in [0.2, 0.25) is 0 Å². The van der Waals surface area contributed by atoms with Gasteiger partial charge >= 0.3 is 5.63 Å². The van der Waals surface area contributed by atoms with Crippen molar-refractivity contribution in [3.63, 3.8) is 0 Å². The molecular formula is C14H17NO2. The quantitative estimate of drug-likeness (QED) is 0.744. The third-order valence-corrected chi connectivity index (χ3v) is 2.92. The molecule has 2 aromatic rings. The summed E-state index contributed by atoms with van der Waals surface area (Å²) in [6, 6.07) is 5.88. The van der Waals surface area contributed by atoms with Crippen molar-refractivity contribution in [2.45, 2.75) is 20.4 Å². The Hall–Kier alpha value is -1.61. The van der Waals surface area contributed by atoms with Gasteiger partial charge in [0.25, 0.3) is 0 Å². The van der Waals surface area contributed by atoms with Crippen LogP contribution in [0.4, 0.5) is 0 Å². The molecule has 0 saturated heterocycles. The SMILES string of the molecule is Cc1ccc2oc(=O)c(CN(C)C)c(C)c2c1. The zero-order valence-corrected chi connectivity index (χ0v) is 10.7. The molecule has 90 valence electrons. The summed E-state index contributed by atoms with van der Waals surface area (Å²) in [5.74, 6) is 0. The number of benzene rings is 1. The van der Waals surface area contributed by atoms with E-state index in [1.807, 2.05) is 45.0 Å². The number of hydrogen-bond acceptors (Lipinski definition) is 3. The molecule has 2 rings (SSSR count). The van der Waals surface area contributed by atoms with Crippen LogP contribution in [-0.4, -0.2) is 19.0 Å². The van der Waals surface area contributed by atoms with Crippen molar-refractivity contribution in [2.75, 3.05) is 14.1 Å². The third kappa shape index (κ3) is 2.24. The van der Waals surface area contributed by atoms with E-state index in [1.165, 1.54) is 5.56 Å². The lowest BCUT2D eigenvalue weighted by atomic mass is 10.0. The minimum atomic E-state index is -0.229. The highest BCUT2D eigenvalue weighted by atomic mass is 16.4. The van der Waals surface area contributed by atoms with Crippen LogP contribution in [0, 0.1) is 13.8 Å². The average molecular weight is 231 g/mol. The highest BCUT2D eigenvalue weighted by Crippen LogP contribution is 2.21. The maximum absolute atomic E-state index is 11.9. The summed E-state index contributed by atoms with van der Waals surface area (Å²) in [7, 11) is 3.89. The lowest BCUT2D eigenvalue weighted by Crippen LogP contribution is -2.19. The predicted molar refractivity (Wildman–Crippen MR) is 69.3 cm³/mol. The Balaban J connectivity index is 2.73. The first-order valence-corrected chi connectivity index (χ1v) is 5.66. The number of aryl methyl sites for hydroxylation is 2. The maximum atomic E-state index is 11.9. The summed E-state index contributed by atoms with van der Waals surface area (Å²) in [6.07, 6.45) is 0. The molecule has 17 heavy (non-hydrogen) atoms. The van der Waals surface area contributed by atoms with Crippen LogP contribution in [0.1, 0.15) is 16.7 Å². The smallest absolute Gasteiger partial charge is 0.341 e. The molecule has 1 aromatic heterocycles. The lowest BCUT2D eigenvalue weighted by molar-refractivity contribution is 0.391. The van der Waals surface area contributed by atoms with E-state index in [9.17, 15) is 4.79 Å². The van der Waals surface area contributed by atoms with Gasteiger partial charge in [-0.2, -0.15) is 0 Å². The van der Waals surface area contributed by atoms with Crippen LogP contribution in [0.2, 0.25) is 0 Å². The topological polar surface area (TPSA) is 33.5 Å². The molecule has 0 bridgehead atoms. The maximum Gasteiger partial charge on any atom is 0.341 e. The first kappa shape index (κ1) is 11.9. The van der Waals surface area contributed by atoms with Crippen molar-refractivity contribution >= 4 is 11.0 Å². The second-order valence-corrected chi connectivity index (χ2v) is 4.73.